The van der Waals surface area contributed by atoms with Crippen molar-refractivity contribution in [2.75, 3.05) is 12.3 Å². The fourth-order valence-electron chi connectivity index (χ4n) is 2.45. The summed E-state index contributed by atoms with van der Waals surface area (Å²) >= 11 is 1.65. The van der Waals surface area contributed by atoms with Crippen molar-refractivity contribution in [1.82, 2.24) is 4.90 Å². The molecule has 1 aromatic rings. The number of hydrogen-bond acceptors (Lipinski definition) is 4. The number of benzene rings is 1. The molecule has 128 valence electrons. The van der Waals surface area contributed by atoms with Crippen molar-refractivity contribution >= 4 is 31.7 Å². The van der Waals surface area contributed by atoms with E-state index in [1.165, 1.54) is 11.1 Å². The number of allylic oxidation sites excluding steroid dienone is 2. The van der Waals surface area contributed by atoms with Gasteiger partial charge >= 0.3 is 0 Å². The van der Waals surface area contributed by atoms with E-state index in [1.54, 1.807) is 11.9 Å². The zero-order valence-corrected chi connectivity index (χ0v) is 17.0. The molecule has 5 heteroatoms. The van der Waals surface area contributed by atoms with E-state index in [4.69, 9.17) is 4.43 Å². The third-order valence-corrected chi connectivity index (χ3v) is 9.99. The lowest BCUT2D eigenvalue weighted by Crippen LogP contribution is -2.43. The second-order valence-electron chi connectivity index (χ2n) is 7.75. The highest BCUT2D eigenvalue weighted by atomic mass is 32.2. The summed E-state index contributed by atoms with van der Waals surface area (Å²) in [6.45, 7) is 12.4. The van der Waals surface area contributed by atoms with Gasteiger partial charge in [-0.3, -0.25) is 0 Å². The van der Waals surface area contributed by atoms with Gasteiger partial charge in [-0.15, -0.1) is 0 Å². The zero-order valence-electron chi connectivity index (χ0n) is 15.2. The highest BCUT2D eigenvalue weighted by Crippen LogP contribution is 2.37. The van der Waals surface area contributed by atoms with Gasteiger partial charge in [-0.25, -0.2) is 0 Å². The molecular formula is C19H26N2OSSi. The summed E-state index contributed by atoms with van der Waals surface area (Å²) in [4.78, 5) is 2.23. The van der Waals surface area contributed by atoms with Crippen molar-refractivity contribution < 1.29 is 4.43 Å². The maximum absolute atomic E-state index is 6.38. The minimum atomic E-state index is -1.79. The van der Waals surface area contributed by atoms with Gasteiger partial charge in [-0.1, -0.05) is 32.9 Å². The van der Waals surface area contributed by atoms with Gasteiger partial charge in [0.2, 0.25) is 8.32 Å². The van der Waals surface area contributed by atoms with Crippen LogP contribution in [0, 0.1) is 0 Å². The van der Waals surface area contributed by atoms with Crippen LogP contribution in [0.25, 0.3) is 5.57 Å². The molecule has 3 rings (SSSR count). The van der Waals surface area contributed by atoms with Crippen molar-refractivity contribution in [3.63, 3.8) is 0 Å². The van der Waals surface area contributed by atoms with Crippen molar-refractivity contribution in [2.24, 2.45) is 4.40 Å². The minimum absolute atomic E-state index is 0.205. The first-order valence-electron chi connectivity index (χ1n) is 8.43. The molecule has 0 bridgehead atoms. The van der Waals surface area contributed by atoms with Gasteiger partial charge in [0.05, 0.1) is 0 Å². The van der Waals surface area contributed by atoms with Crippen LogP contribution in [0.5, 0.6) is 5.75 Å². The monoisotopic (exact) mass is 358 g/mol. The standard InChI is InChI=1S/C19H26N2OSSi/c1-19(2,3)24(4,5)22-16-10-8-15(9-11-16)17-7-6-12-21-13-14-23-20-18(17)21/h6-12H,13-14H2,1-5H3. The van der Waals surface area contributed by atoms with E-state index in [0.29, 0.717) is 0 Å². The zero-order chi connectivity index (χ0) is 17.4. The second-order valence-corrected chi connectivity index (χ2v) is 13.3. The normalized spacial score (nSPS) is 18.0. The van der Waals surface area contributed by atoms with Gasteiger partial charge in [0.1, 0.15) is 11.6 Å². The Labute approximate surface area is 150 Å². The van der Waals surface area contributed by atoms with Crippen LogP contribution in [0.1, 0.15) is 26.3 Å². The molecule has 0 atom stereocenters. The van der Waals surface area contributed by atoms with Gasteiger partial charge in [0.15, 0.2) is 0 Å². The smallest absolute Gasteiger partial charge is 0.250 e. The van der Waals surface area contributed by atoms with Crippen LogP contribution in [0.4, 0.5) is 0 Å². The van der Waals surface area contributed by atoms with Crippen LogP contribution >= 0.6 is 11.9 Å². The molecule has 0 aliphatic carbocycles. The number of amidine groups is 1. The SMILES string of the molecule is CC(C)(C)[Si](C)(C)Oc1ccc(C2=CC=CN3CCSN=C23)cc1. The molecule has 0 radical (unpaired) electrons. The van der Waals surface area contributed by atoms with Crippen LogP contribution < -0.4 is 4.43 Å². The molecule has 0 aromatic heterocycles. The van der Waals surface area contributed by atoms with Crippen molar-refractivity contribution in [3.05, 3.63) is 48.2 Å². The highest BCUT2D eigenvalue weighted by Gasteiger charge is 2.38. The van der Waals surface area contributed by atoms with Crippen LogP contribution in [-0.4, -0.2) is 31.4 Å². The van der Waals surface area contributed by atoms with E-state index in [0.717, 1.165) is 23.9 Å². The van der Waals surface area contributed by atoms with E-state index in [2.05, 4.69) is 85.8 Å². The topological polar surface area (TPSA) is 24.8 Å². The first-order chi connectivity index (χ1) is 11.3. The van der Waals surface area contributed by atoms with E-state index in [-0.39, 0.29) is 5.04 Å². The second kappa shape index (κ2) is 6.45. The fourth-order valence-corrected chi connectivity index (χ4v) is 4.17. The Morgan fingerprint density at radius 2 is 1.88 bits per heavy atom. The third-order valence-electron chi connectivity index (χ3n) is 4.96. The van der Waals surface area contributed by atoms with Gasteiger partial charge in [0, 0.05) is 24.1 Å². The minimum Gasteiger partial charge on any atom is -0.544 e. The maximum atomic E-state index is 6.38. The van der Waals surface area contributed by atoms with Crippen LogP contribution in [0.3, 0.4) is 0 Å². The van der Waals surface area contributed by atoms with E-state index in [9.17, 15) is 0 Å². The average molecular weight is 359 g/mol. The fraction of sp³-hybridized carbons (Fsp3) is 0.421. The maximum Gasteiger partial charge on any atom is 0.250 e. The van der Waals surface area contributed by atoms with E-state index < -0.39 is 8.32 Å². The lowest BCUT2D eigenvalue weighted by atomic mass is 10.0. The Balaban J connectivity index is 1.81. The molecule has 0 fully saturated rings. The van der Waals surface area contributed by atoms with Gasteiger partial charge < -0.3 is 9.33 Å². The molecule has 0 amide bonds. The Bertz CT molecular complexity index is 699. The Morgan fingerprint density at radius 3 is 2.54 bits per heavy atom. The van der Waals surface area contributed by atoms with E-state index in [1.807, 2.05) is 0 Å². The molecule has 0 N–H and O–H groups in total. The number of nitrogens with zero attached hydrogens (tertiary/aromatic N) is 2. The summed E-state index contributed by atoms with van der Waals surface area (Å²) in [5.74, 6) is 3.07. The average Bonchev–Trinajstić information content (AvgIpc) is 2.54. The van der Waals surface area contributed by atoms with Crippen LogP contribution in [-0.2, 0) is 0 Å². The molecule has 2 heterocycles. The van der Waals surface area contributed by atoms with Crippen LogP contribution in [0.15, 0.2) is 47.0 Å². The number of fused-ring (bicyclic) bond motifs is 1. The summed E-state index contributed by atoms with van der Waals surface area (Å²) < 4.78 is 11.0. The molecular weight excluding hydrogens is 332 g/mol. The van der Waals surface area contributed by atoms with Crippen molar-refractivity contribution in [2.45, 2.75) is 38.9 Å². The first kappa shape index (κ1) is 17.4. The molecule has 24 heavy (non-hydrogen) atoms. The molecule has 0 saturated carbocycles. The van der Waals surface area contributed by atoms with Crippen molar-refractivity contribution in [3.8, 4) is 5.75 Å². The summed E-state index contributed by atoms with van der Waals surface area (Å²) in [5, 5.41) is 0.205. The third kappa shape index (κ3) is 3.47. The molecule has 0 unspecified atom stereocenters. The lowest BCUT2D eigenvalue weighted by Gasteiger charge is -2.36. The quantitative estimate of drug-likeness (QED) is 0.538. The Kier molecular flexibility index (Phi) is 4.66. The number of hydrogen-bond donors (Lipinski definition) is 0. The molecule has 2 aliphatic heterocycles. The van der Waals surface area contributed by atoms with Gasteiger partial charge in [-0.05, 0) is 59.9 Å². The summed E-state index contributed by atoms with van der Waals surface area (Å²) in [6, 6.07) is 8.48. The summed E-state index contributed by atoms with van der Waals surface area (Å²) in [6.07, 6.45) is 6.35. The summed E-state index contributed by atoms with van der Waals surface area (Å²) in [7, 11) is -1.79. The Morgan fingerprint density at radius 1 is 1.17 bits per heavy atom. The predicted octanol–water partition coefficient (Wildman–Crippen LogP) is 5.34. The number of rotatable bonds is 3. The predicted molar refractivity (Wildman–Crippen MR) is 108 cm³/mol. The molecule has 3 nitrogen and oxygen atoms in total. The molecule has 0 spiro atoms. The van der Waals surface area contributed by atoms with Crippen LogP contribution in [0.2, 0.25) is 18.1 Å². The largest absolute Gasteiger partial charge is 0.544 e. The Hall–Kier alpha value is -1.46. The highest BCUT2D eigenvalue weighted by molar-refractivity contribution is 7.98. The first-order valence-corrected chi connectivity index (χ1v) is 12.3. The molecule has 1 aromatic carbocycles. The van der Waals surface area contributed by atoms with Crippen molar-refractivity contribution in [1.29, 1.82) is 0 Å². The molecule has 0 saturated heterocycles. The van der Waals surface area contributed by atoms with E-state index >= 15 is 0 Å². The van der Waals surface area contributed by atoms with Gasteiger partial charge in [-0.2, -0.15) is 4.40 Å². The van der Waals surface area contributed by atoms with Gasteiger partial charge in [0.25, 0.3) is 0 Å². The summed E-state index contributed by atoms with van der Waals surface area (Å²) in [5.41, 5.74) is 2.37. The molecule has 2 aliphatic rings. The lowest BCUT2D eigenvalue weighted by molar-refractivity contribution is 0.492.